The van der Waals surface area contributed by atoms with Crippen molar-refractivity contribution in [1.82, 2.24) is 5.32 Å². The molecule has 2 nitrogen and oxygen atoms in total. The highest BCUT2D eigenvalue weighted by molar-refractivity contribution is 8.07. The van der Waals surface area contributed by atoms with Gasteiger partial charge >= 0.3 is 0 Å². The topological polar surface area (TPSA) is 21.3 Å². The molecule has 3 heteroatoms. The summed E-state index contributed by atoms with van der Waals surface area (Å²) in [5.41, 5.74) is 0. The maximum atomic E-state index is 5.50. The molecule has 1 rings (SSSR count). The summed E-state index contributed by atoms with van der Waals surface area (Å²) in [6.45, 7) is 8.46. The van der Waals surface area contributed by atoms with Crippen LogP contribution in [0.25, 0.3) is 0 Å². The van der Waals surface area contributed by atoms with Crippen molar-refractivity contribution >= 4 is 11.8 Å². The fraction of sp³-hybridized carbons (Fsp3) is 1.00. The maximum Gasteiger partial charge on any atom is 0.0590 e. The Morgan fingerprint density at radius 3 is 2.79 bits per heavy atom. The molecule has 0 aromatic heterocycles. The standard InChI is InChI=1S/C11H23NOS/c1-3-4-5-7-13-8-6-12-9-11(2)10-14-11/h12H,3-10H2,1-2H3. The number of ether oxygens (including phenoxy) is 1. The molecule has 0 aromatic rings. The Kier molecular flexibility index (Phi) is 5.90. The Bertz CT molecular complexity index is 148. The van der Waals surface area contributed by atoms with Crippen LogP contribution in [0.3, 0.4) is 0 Å². The largest absolute Gasteiger partial charge is 0.380 e. The van der Waals surface area contributed by atoms with Gasteiger partial charge in [0.1, 0.15) is 0 Å². The van der Waals surface area contributed by atoms with Crippen LogP contribution in [0.1, 0.15) is 33.1 Å². The summed E-state index contributed by atoms with van der Waals surface area (Å²) in [5.74, 6) is 1.32. The lowest BCUT2D eigenvalue weighted by molar-refractivity contribution is 0.132. The molecule has 0 spiro atoms. The Labute approximate surface area is 92.2 Å². The van der Waals surface area contributed by atoms with Gasteiger partial charge in [-0.2, -0.15) is 11.8 Å². The lowest BCUT2D eigenvalue weighted by atomic mass is 10.2. The van der Waals surface area contributed by atoms with E-state index in [1.807, 2.05) is 11.8 Å². The van der Waals surface area contributed by atoms with E-state index in [1.165, 1.54) is 25.0 Å². The van der Waals surface area contributed by atoms with E-state index in [0.29, 0.717) is 4.75 Å². The predicted octanol–water partition coefficient (Wildman–Crippen LogP) is 2.29. The van der Waals surface area contributed by atoms with Crippen LogP contribution in [-0.4, -0.2) is 36.8 Å². The third-order valence-electron chi connectivity index (χ3n) is 2.45. The van der Waals surface area contributed by atoms with E-state index in [9.17, 15) is 0 Å². The lowest BCUT2D eigenvalue weighted by Gasteiger charge is -2.08. The van der Waals surface area contributed by atoms with E-state index in [1.54, 1.807) is 0 Å². The van der Waals surface area contributed by atoms with Crippen molar-refractivity contribution < 1.29 is 4.74 Å². The number of unbranched alkanes of at least 4 members (excludes halogenated alkanes) is 2. The molecule has 0 aliphatic carbocycles. The molecule has 84 valence electrons. The van der Waals surface area contributed by atoms with Crippen LogP contribution in [0.15, 0.2) is 0 Å². The van der Waals surface area contributed by atoms with Crippen LogP contribution in [0.5, 0.6) is 0 Å². The molecule has 0 radical (unpaired) electrons. The van der Waals surface area contributed by atoms with E-state index in [4.69, 9.17) is 4.74 Å². The van der Waals surface area contributed by atoms with E-state index in [0.717, 1.165) is 26.3 Å². The summed E-state index contributed by atoms with van der Waals surface area (Å²) in [4.78, 5) is 0. The smallest absolute Gasteiger partial charge is 0.0590 e. The third kappa shape index (κ3) is 5.89. The van der Waals surface area contributed by atoms with Gasteiger partial charge in [0.2, 0.25) is 0 Å². The van der Waals surface area contributed by atoms with Gasteiger partial charge in [0, 0.05) is 30.2 Å². The highest BCUT2D eigenvalue weighted by Gasteiger charge is 2.37. The van der Waals surface area contributed by atoms with Crippen LogP contribution in [-0.2, 0) is 4.74 Å². The van der Waals surface area contributed by atoms with Gasteiger partial charge in [0.15, 0.2) is 0 Å². The quantitative estimate of drug-likeness (QED) is 0.473. The zero-order valence-corrected chi connectivity index (χ0v) is 10.3. The molecule has 1 aliphatic heterocycles. The first-order chi connectivity index (χ1) is 6.77. The average Bonchev–Trinajstić information content (AvgIpc) is 2.89. The second-order valence-corrected chi connectivity index (χ2v) is 5.80. The minimum absolute atomic E-state index is 0.544. The van der Waals surface area contributed by atoms with Crippen molar-refractivity contribution in [3.05, 3.63) is 0 Å². The van der Waals surface area contributed by atoms with Gasteiger partial charge in [-0.3, -0.25) is 0 Å². The zero-order chi connectivity index (χ0) is 10.3. The number of hydrogen-bond donors (Lipinski definition) is 1. The van der Waals surface area contributed by atoms with Crippen LogP contribution < -0.4 is 5.32 Å². The summed E-state index contributed by atoms with van der Waals surface area (Å²) in [5, 5.41) is 3.43. The van der Waals surface area contributed by atoms with Crippen molar-refractivity contribution in [1.29, 1.82) is 0 Å². The van der Waals surface area contributed by atoms with E-state index in [-0.39, 0.29) is 0 Å². The number of thioether (sulfide) groups is 1. The molecule has 1 heterocycles. The Morgan fingerprint density at radius 1 is 1.36 bits per heavy atom. The summed E-state index contributed by atoms with van der Waals surface area (Å²) in [6.07, 6.45) is 3.78. The zero-order valence-electron chi connectivity index (χ0n) is 9.47. The Balaban J connectivity index is 1.72. The van der Waals surface area contributed by atoms with E-state index < -0.39 is 0 Å². The molecule has 14 heavy (non-hydrogen) atoms. The summed E-state index contributed by atoms with van der Waals surface area (Å²) < 4.78 is 6.05. The van der Waals surface area contributed by atoms with E-state index in [2.05, 4.69) is 19.2 Å². The first kappa shape index (κ1) is 12.3. The second kappa shape index (κ2) is 6.70. The summed E-state index contributed by atoms with van der Waals surface area (Å²) in [6, 6.07) is 0. The molecule has 0 aromatic carbocycles. The van der Waals surface area contributed by atoms with Crippen LogP contribution in [0, 0.1) is 0 Å². The third-order valence-corrected chi connectivity index (χ3v) is 3.87. The highest BCUT2D eigenvalue weighted by Crippen LogP contribution is 2.43. The van der Waals surface area contributed by atoms with Crippen LogP contribution in [0.2, 0.25) is 0 Å². The molecular weight excluding hydrogens is 194 g/mol. The van der Waals surface area contributed by atoms with Crippen molar-refractivity contribution in [3.8, 4) is 0 Å². The number of rotatable bonds is 9. The van der Waals surface area contributed by atoms with Crippen molar-refractivity contribution in [3.63, 3.8) is 0 Å². The molecule has 1 saturated heterocycles. The van der Waals surface area contributed by atoms with Crippen LogP contribution in [0.4, 0.5) is 0 Å². The van der Waals surface area contributed by atoms with Crippen LogP contribution >= 0.6 is 11.8 Å². The first-order valence-corrected chi connectivity index (χ1v) is 6.68. The number of nitrogens with one attached hydrogen (secondary N) is 1. The minimum atomic E-state index is 0.544. The minimum Gasteiger partial charge on any atom is -0.380 e. The van der Waals surface area contributed by atoms with Gasteiger partial charge in [0.25, 0.3) is 0 Å². The van der Waals surface area contributed by atoms with Gasteiger partial charge in [-0.25, -0.2) is 0 Å². The summed E-state index contributed by atoms with van der Waals surface area (Å²) >= 11 is 2.04. The monoisotopic (exact) mass is 217 g/mol. The van der Waals surface area contributed by atoms with Crippen molar-refractivity contribution in [2.75, 3.05) is 32.1 Å². The van der Waals surface area contributed by atoms with Gasteiger partial charge < -0.3 is 10.1 Å². The second-order valence-electron chi connectivity index (χ2n) is 4.23. The predicted molar refractivity (Wildman–Crippen MR) is 64.1 cm³/mol. The molecule has 0 amide bonds. The fourth-order valence-corrected chi connectivity index (χ4v) is 1.83. The molecule has 0 bridgehead atoms. The highest BCUT2D eigenvalue weighted by atomic mass is 32.2. The average molecular weight is 217 g/mol. The molecule has 1 aliphatic rings. The molecule has 1 fully saturated rings. The Morgan fingerprint density at radius 2 is 2.14 bits per heavy atom. The van der Waals surface area contributed by atoms with Crippen molar-refractivity contribution in [2.24, 2.45) is 0 Å². The SMILES string of the molecule is CCCCCOCCNCC1(C)CS1. The van der Waals surface area contributed by atoms with Crippen molar-refractivity contribution in [2.45, 2.75) is 37.9 Å². The Hall–Kier alpha value is 0.270. The van der Waals surface area contributed by atoms with Gasteiger partial charge in [0.05, 0.1) is 6.61 Å². The van der Waals surface area contributed by atoms with Gasteiger partial charge in [-0.05, 0) is 13.3 Å². The number of hydrogen-bond acceptors (Lipinski definition) is 3. The van der Waals surface area contributed by atoms with Gasteiger partial charge in [-0.15, -0.1) is 0 Å². The van der Waals surface area contributed by atoms with E-state index >= 15 is 0 Å². The molecule has 0 saturated carbocycles. The molecule has 1 N–H and O–H groups in total. The summed E-state index contributed by atoms with van der Waals surface area (Å²) in [7, 11) is 0. The first-order valence-electron chi connectivity index (χ1n) is 5.69. The lowest BCUT2D eigenvalue weighted by Crippen LogP contribution is -2.29. The maximum absolute atomic E-state index is 5.50. The normalized spacial score (nSPS) is 25.3. The van der Waals surface area contributed by atoms with Gasteiger partial charge in [-0.1, -0.05) is 19.8 Å². The molecular formula is C11H23NOS. The molecule has 1 unspecified atom stereocenters. The molecule has 1 atom stereocenters. The fourth-order valence-electron chi connectivity index (χ4n) is 1.28.